The van der Waals surface area contributed by atoms with Gasteiger partial charge in [-0.25, -0.2) is 4.79 Å². The van der Waals surface area contributed by atoms with Gasteiger partial charge in [0.05, 0.1) is 4.58 Å². The number of para-hydroxylation sites is 1. The molecule has 3 rings (SSSR count). The van der Waals surface area contributed by atoms with Crippen molar-refractivity contribution in [1.29, 1.82) is 0 Å². The van der Waals surface area contributed by atoms with Gasteiger partial charge in [0.2, 0.25) is 0 Å². The number of nitrogens with two attached hydrogens (primary N) is 1. The first-order chi connectivity index (χ1) is 11.7. The molecule has 1 aliphatic heterocycles. The normalized spacial score (nSPS) is 15.2. The maximum absolute atomic E-state index is 11.7. The summed E-state index contributed by atoms with van der Waals surface area (Å²) < 4.78 is 0.491. The standard InChI is InChI=1S/C17H17N3O2S2/c18-15(20-22-17(21)19-14-4-2-1-3-5-14)12-6-8-13(9-7-12)16-23-10-11-24-16/h1-9,16H,10-11H2,(H2,18,20)(H,19,21). The number of carbonyl (C=O) groups excluding carboxylic acids is 1. The fourth-order valence-electron chi connectivity index (χ4n) is 2.17. The zero-order valence-electron chi connectivity index (χ0n) is 12.8. The molecule has 3 N–H and O–H groups in total. The maximum atomic E-state index is 11.7. The van der Waals surface area contributed by atoms with Crippen LogP contribution >= 0.6 is 23.5 Å². The highest BCUT2D eigenvalue weighted by molar-refractivity contribution is 8.19. The van der Waals surface area contributed by atoms with Crippen LogP contribution in [0.15, 0.2) is 59.8 Å². The van der Waals surface area contributed by atoms with Gasteiger partial charge in [0.1, 0.15) is 0 Å². The zero-order valence-corrected chi connectivity index (χ0v) is 14.5. The van der Waals surface area contributed by atoms with Gasteiger partial charge in [-0.05, 0) is 17.7 Å². The fraction of sp³-hybridized carbons (Fsp3) is 0.176. The number of benzene rings is 2. The Morgan fingerprint density at radius 3 is 2.42 bits per heavy atom. The Hall–Kier alpha value is -2.12. The summed E-state index contributed by atoms with van der Waals surface area (Å²) in [6.45, 7) is 0. The molecule has 5 nitrogen and oxygen atoms in total. The molecule has 0 saturated carbocycles. The van der Waals surface area contributed by atoms with Crippen molar-refractivity contribution in [3.63, 3.8) is 0 Å². The Kier molecular flexibility index (Phi) is 5.66. The molecule has 1 amide bonds. The minimum Gasteiger partial charge on any atom is -0.380 e. The number of oxime groups is 1. The number of amides is 1. The van der Waals surface area contributed by atoms with E-state index in [0.717, 1.165) is 5.56 Å². The number of carbonyl (C=O) groups is 1. The van der Waals surface area contributed by atoms with E-state index in [1.807, 2.05) is 66.0 Å². The van der Waals surface area contributed by atoms with Crippen molar-refractivity contribution in [2.45, 2.75) is 4.58 Å². The van der Waals surface area contributed by atoms with E-state index in [1.165, 1.54) is 17.1 Å². The predicted molar refractivity (Wildman–Crippen MR) is 101 cm³/mol. The Bertz CT molecular complexity index is 714. The number of thioether (sulfide) groups is 2. The third-order valence-corrected chi connectivity index (χ3v) is 6.45. The summed E-state index contributed by atoms with van der Waals surface area (Å²) in [6.07, 6.45) is -0.681. The van der Waals surface area contributed by atoms with Gasteiger partial charge in [-0.3, -0.25) is 10.2 Å². The maximum Gasteiger partial charge on any atom is 0.437 e. The summed E-state index contributed by atoms with van der Waals surface area (Å²) in [4.78, 5) is 16.5. The first kappa shape index (κ1) is 16.7. The second-order valence-corrected chi connectivity index (χ2v) is 7.77. The number of hydrogen-bond acceptors (Lipinski definition) is 5. The van der Waals surface area contributed by atoms with E-state index in [-0.39, 0.29) is 5.84 Å². The predicted octanol–water partition coefficient (Wildman–Crippen LogP) is 4.03. The second-order valence-electron chi connectivity index (χ2n) is 5.04. The van der Waals surface area contributed by atoms with Crippen molar-refractivity contribution in [3.05, 3.63) is 65.7 Å². The number of amidine groups is 1. The number of hydrogen-bond donors (Lipinski definition) is 2. The van der Waals surface area contributed by atoms with E-state index in [0.29, 0.717) is 10.3 Å². The summed E-state index contributed by atoms with van der Waals surface area (Å²) in [6, 6.07) is 16.9. The highest BCUT2D eigenvalue weighted by Crippen LogP contribution is 2.45. The molecule has 0 aromatic heterocycles. The second kappa shape index (κ2) is 8.12. The lowest BCUT2D eigenvalue weighted by molar-refractivity contribution is 0.166. The van der Waals surface area contributed by atoms with E-state index < -0.39 is 6.09 Å². The van der Waals surface area contributed by atoms with Gasteiger partial charge in [-0.15, -0.1) is 23.5 Å². The monoisotopic (exact) mass is 359 g/mol. The van der Waals surface area contributed by atoms with E-state index in [1.54, 1.807) is 12.1 Å². The summed E-state index contributed by atoms with van der Waals surface area (Å²) in [7, 11) is 0. The summed E-state index contributed by atoms with van der Waals surface area (Å²) >= 11 is 3.90. The largest absolute Gasteiger partial charge is 0.437 e. The SMILES string of the molecule is N/C(=N/OC(=O)Nc1ccccc1)c1ccc(C2SCCS2)cc1. The molecule has 124 valence electrons. The molecule has 0 spiro atoms. The van der Waals surface area contributed by atoms with E-state index in [2.05, 4.69) is 10.5 Å². The van der Waals surface area contributed by atoms with E-state index in [9.17, 15) is 4.79 Å². The highest BCUT2D eigenvalue weighted by atomic mass is 32.2. The number of nitrogens with one attached hydrogen (secondary N) is 1. The Morgan fingerprint density at radius 2 is 1.75 bits per heavy atom. The molecule has 1 heterocycles. The molecule has 1 aliphatic rings. The van der Waals surface area contributed by atoms with Gasteiger partial charge in [0.15, 0.2) is 5.84 Å². The molecule has 7 heteroatoms. The Labute approximate surface area is 149 Å². The lowest BCUT2D eigenvalue weighted by Gasteiger charge is -2.09. The quantitative estimate of drug-likeness (QED) is 0.373. The summed E-state index contributed by atoms with van der Waals surface area (Å²) in [5, 5.41) is 6.26. The van der Waals surface area contributed by atoms with Crippen LogP contribution < -0.4 is 11.1 Å². The molecule has 0 radical (unpaired) electrons. The molecule has 2 aromatic rings. The smallest absolute Gasteiger partial charge is 0.380 e. The number of anilines is 1. The molecule has 0 atom stereocenters. The van der Waals surface area contributed by atoms with Gasteiger partial charge in [-0.1, -0.05) is 47.6 Å². The van der Waals surface area contributed by atoms with Crippen molar-refractivity contribution in [2.24, 2.45) is 10.9 Å². The van der Waals surface area contributed by atoms with Crippen LogP contribution in [0.1, 0.15) is 15.7 Å². The lowest BCUT2D eigenvalue weighted by Crippen LogP contribution is -2.17. The average molecular weight is 359 g/mol. The third-order valence-electron chi connectivity index (χ3n) is 3.35. The van der Waals surface area contributed by atoms with Crippen LogP contribution in [0.25, 0.3) is 0 Å². The van der Waals surface area contributed by atoms with Crippen LogP contribution in [0.3, 0.4) is 0 Å². The number of rotatable bonds is 4. The molecule has 0 unspecified atom stereocenters. The highest BCUT2D eigenvalue weighted by Gasteiger charge is 2.18. The van der Waals surface area contributed by atoms with Crippen molar-refractivity contribution in [2.75, 3.05) is 16.8 Å². The molecule has 2 aromatic carbocycles. The van der Waals surface area contributed by atoms with E-state index in [4.69, 9.17) is 10.6 Å². The topological polar surface area (TPSA) is 76.7 Å². The van der Waals surface area contributed by atoms with Gasteiger partial charge in [0, 0.05) is 22.8 Å². The molecular weight excluding hydrogens is 342 g/mol. The first-order valence-electron chi connectivity index (χ1n) is 7.42. The third kappa shape index (κ3) is 4.46. The van der Waals surface area contributed by atoms with E-state index >= 15 is 0 Å². The van der Waals surface area contributed by atoms with Crippen LogP contribution in [0.4, 0.5) is 10.5 Å². The van der Waals surface area contributed by atoms with Crippen LogP contribution in [-0.2, 0) is 4.84 Å². The van der Waals surface area contributed by atoms with Crippen molar-refractivity contribution >= 4 is 41.1 Å². The summed E-state index contributed by atoms with van der Waals surface area (Å²) in [5.41, 5.74) is 8.49. The minimum absolute atomic E-state index is 0.163. The molecule has 0 bridgehead atoms. The van der Waals surface area contributed by atoms with Crippen LogP contribution in [-0.4, -0.2) is 23.4 Å². The average Bonchev–Trinajstić information content (AvgIpc) is 3.15. The van der Waals surface area contributed by atoms with Crippen molar-refractivity contribution < 1.29 is 9.63 Å². The fourth-order valence-corrected chi connectivity index (χ4v) is 5.03. The van der Waals surface area contributed by atoms with Crippen LogP contribution in [0.5, 0.6) is 0 Å². The van der Waals surface area contributed by atoms with Gasteiger partial charge >= 0.3 is 6.09 Å². The molecule has 1 fully saturated rings. The van der Waals surface area contributed by atoms with Gasteiger partial charge in [-0.2, -0.15) is 0 Å². The van der Waals surface area contributed by atoms with Gasteiger partial charge in [0.25, 0.3) is 0 Å². The molecule has 24 heavy (non-hydrogen) atoms. The van der Waals surface area contributed by atoms with Crippen molar-refractivity contribution in [3.8, 4) is 0 Å². The minimum atomic E-state index is -0.681. The molecular formula is C17H17N3O2S2. The Balaban J connectivity index is 1.57. The first-order valence-corrected chi connectivity index (χ1v) is 9.52. The molecule has 0 aliphatic carbocycles. The zero-order chi connectivity index (χ0) is 16.8. The van der Waals surface area contributed by atoms with Gasteiger partial charge < -0.3 is 5.73 Å². The summed E-state index contributed by atoms with van der Waals surface area (Å²) in [5.74, 6) is 2.53. The number of nitrogens with zero attached hydrogens (tertiary/aromatic N) is 1. The lowest BCUT2D eigenvalue weighted by atomic mass is 10.1. The Morgan fingerprint density at radius 1 is 1.08 bits per heavy atom. The molecule has 1 saturated heterocycles. The van der Waals surface area contributed by atoms with Crippen LogP contribution in [0, 0.1) is 0 Å². The van der Waals surface area contributed by atoms with Crippen LogP contribution in [0.2, 0.25) is 0 Å². The van der Waals surface area contributed by atoms with Crippen molar-refractivity contribution in [1.82, 2.24) is 0 Å².